The molecule has 0 fully saturated rings. The molecule has 2 aromatic carbocycles. The summed E-state index contributed by atoms with van der Waals surface area (Å²) in [5.74, 6) is 0.0193. The summed E-state index contributed by atoms with van der Waals surface area (Å²) in [5.41, 5.74) is 2.94. The fourth-order valence-corrected chi connectivity index (χ4v) is 2.33. The van der Waals surface area contributed by atoms with Gasteiger partial charge in [0.2, 0.25) is 5.91 Å². The largest absolute Gasteiger partial charge is 0.481 e. The molecule has 1 unspecified atom stereocenters. The van der Waals surface area contributed by atoms with E-state index in [9.17, 15) is 9.59 Å². The Morgan fingerprint density at radius 2 is 1.76 bits per heavy atom. The molecule has 1 atom stereocenters. The summed E-state index contributed by atoms with van der Waals surface area (Å²) < 4.78 is 5.57. The van der Waals surface area contributed by atoms with Gasteiger partial charge in [-0.25, -0.2) is 0 Å². The molecule has 0 bridgehead atoms. The van der Waals surface area contributed by atoms with E-state index >= 15 is 0 Å². The summed E-state index contributed by atoms with van der Waals surface area (Å²) in [6.45, 7) is 5.56. The Morgan fingerprint density at radius 1 is 1.08 bits per heavy atom. The van der Waals surface area contributed by atoms with Gasteiger partial charge in [0.05, 0.1) is 6.54 Å². The van der Waals surface area contributed by atoms with E-state index in [2.05, 4.69) is 10.6 Å². The Morgan fingerprint density at radius 3 is 2.44 bits per heavy atom. The maximum absolute atomic E-state index is 12.1. The van der Waals surface area contributed by atoms with Crippen LogP contribution >= 0.6 is 0 Å². The molecule has 2 aromatic rings. The van der Waals surface area contributed by atoms with Crippen LogP contribution < -0.4 is 15.4 Å². The minimum atomic E-state index is -0.682. The van der Waals surface area contributed by atoms with E-state index in [0.717, 1.165) is 23.2 Å². The molecule has 0 aliphatic carbocycles. The number of rotatable bonds is 7. The van der Waals surface area contributed by atoms with Gasteiger partial charge in [0.1, 0.15) is 5.75 Å². The van der Waals surface area contributed by atoms with E-state index in [1.165, 1.54) is 0 Å². The zero-order valence-electron chi connectivity index (χ0n) is 14.8. The molecule has 2 amide bonds. The van der Waals surface area contributed by atoms with Crippen molar-refractivity contribution < 1.29 is 14.3 Å². The second-order valence-corrected chi connectivity index (χ2v) is 5.85. The molecule has 0 aliphatic heterocycles. The van der Waals surface area contributed by atoms with Crippen LogP contribution in [0, 0.1) is 6.92 Å². The smallest absolute Gasteiger partial charge is 0.261 e. The van der Waals surface area contributed by atoms with Gasteiger partial charge < -0.3 is 15.4 Å². The highest BCUT2D eigenvalue weighted by atomic mass is 16.5. The van der Waals surface area contributed by atoms with Gasteiger partial charge >= 0.3 is 0 Å². The van der Waals surface area contributed by atoms with Crippen LogP contribution in [0.25, 0.3) is 0 Å². The summed E-state index contributed by atoms with van der Waals surface area (Å²) in [6, 6.07) is 15.1. The molecule has 0 saturated heterocycles. The van der Waals surface area contributed by atoms with Gasteiger partial charge in [0.25, 0.3) is 5.91 Å². The van der Waals surface area contributed by atoms with Gasteiger partial charge in [-0.2, -0.15) is 0 Å². The van der Waals surface area contributed by atoms with Crippen LogP contribution in [0.1, 0.15) is 25.0 Å². The zero-order valence-corrected chi connectivity index (χ0v) is 14.8. The molecule has 0 aromatic heterocycles. The number of benzene rings is 2. The number of para-hydroxylation sites is 1. The molecular weight excluding hydrogens is 316 g/mol. The van der Waals surface area contributed by atoms with E-state index in [1.54, 1.807) is 6.92 Å². The van der Waals surface area contributed by atoms with E-state index < -0.39 is 6.10 Å². The lowest BCUT2D eigenvalue weighted by atomic mass is 10.1. The van der Waals surface area contributed by atoms with Crippen LogP contribution in [0.2, 0.25) is 0 Å². The van der Waals surface area contributed by atoms with Gasteiger partial charge in [-0.05, 0) is 44.0 Å². The lowest BCUT2D eigenvalue weighted by molar-refractivity contribution is -0.129. The Balaban J connectivity index is 1.82. The number of amides is 2. The average molecular weight is 340 g/mol. The number of anilines is 1. The Hall–Kier alpha value is -2.82. The van der Waals surface area contributed by atoms with E-state index in [4.69, 9.17) is 4.74 Å². The van der Waals surface area contributed by atoms with E-state index in [0.29, 0.717) is 5.75 Å². The van der Waals surface area contributed by atoms with Gasteiger partial charge in [-0.1, -0.05) is 42.8 Å². The second-order valence-electron chi connectivity index (χ2n) is 5.85. The number of hydrogen-bond donors (Lipinski definition) is 2. The zero-order chi connectivity index (χ0) is 18.2. The second kappa shape index (κ2) is 8.87. The molecule has 0 heterocycles. The molecule has 0 saturated carbocycles. The van der Waals surface area contributed by atoms with Crippen molar-refractivity contribution in [3.8, 4) is 5.75 Å². The maximum Gasteiger partial charge on any atom is 0.261 e. The summed E-state index contributed by atoms with van der Waals surface area (Å²) >= 11 is 0. The number of hydrogen-bond acceptors (Lipinski definition) is 3. The molecular formula is C20H24N2O3. The first kappa shape index (κ1) is 18.5. The van der Waals surface area contributed by atoms with Crippen LogP contribution in [0.15, 0.2) is 48.5 Å². The quantitative estimate of drug-likeness (QED) is 0.814. The van der Waals surface area contributed by atoms with Gasteiger partial charge in [-0.3, -0.25) is 9.59 Å². The minimum Gasteiger partial charge on any atom is -0.481 e. The van der Waals surface area contributed by atoms with Crippen molar-refractivity contribution in [1.29, 1.82) is 0 Å². The highest BCUT2D eigenvalue weighted by molar-refractivity contribution is 5.95. The van der Waals surface area contributed by atoms with Gasteiger partial charge in [0.15, 0.2) is 6.10 Å². The molecule has 2 N–H and O–H groups in total. The monoisotopic (exact) mass is 340 g/mol. The summed E-state index contributed by atoms with van der Waals surface area (Å²) in [7, 11) is 0. The lowest BCUT2D eigenvalue weighted by Crippen LogP contribution is -2.40. The average Bonchev–Trinajstić information content (AvgIpc) is 2.62. The number of carbonyl (C=O) groups excluding carboxylic acids is 2. The minimum absolute atomic E-state index is 0.0987. The van der Waals surface area contributed by atoms with Crippen LogP contribution in [-0.4, -0.2) is 24.5 Å². The van der Waals surface area contributed by atoms with E-state index in [-0.39, 0.29) is 18.4 Å². The SMILES string of the molecule is CCc1ccccc1NC(=O)CNC(=O)C(C)Oc1ccc(C)cc1. The van der Waals surface area contributed by atoms with Crippen molar-refractivity contribution in [2.75, 3.05) is 11.9 Å². The van der Waals surface area contributed by atoms with Crippen molar-refractivity contribution in [2.45, 2.75) is 33.3 Å². The fraction of sp³-hybridized carbons (Fsp3) is 0.300. The van der Waals surface area contributed by atoms with Crippen molar-refractivity contribution in [2.24, 2.45) is 0 Å². The number of nitrogens with one attached hydrogen (secondary N) is 2. The Bertz CT molecular complexity index is 726. The summed E-state index contributed by atoms with van der Waals surface area (Å²) in [5, 5.41) is 5.41. The first-order valence-electron chi connectivity index (χ1n) is 8.38. The predicted octanol–water partition coefficient (Wildman–Crippen LogP) is 3.08. The number of carbonyl (C=O) groups is 2. The maximum atomic E-state index is 12.1. The Labute approximate surface area is 148 Å². The molecule has 5 nitrogen and oxygen atoms in total. The normalized spacial score (nSPS) is 11.5. The highest BCUT2D eigenvalue weighted by Gasteiger charge is 2.16. The Kier molecular flexibility index (Phi) is 6.57. The summed E-state index contributed by atoms with van der Waals surface area (Å²) in [6.07, 6.45) is 0.142. The van der Waals surface area contributed by atoms with Crippen molar-refractivity contribution >= 4 is 17.5 Å². The molecule has 25 heavy (non-hydrogen) atoms. The molecule has 5 heteroatoms. The van der Waals surface area contributed by atoms with Crippen LogP contribution in [0.5, 0.6) is 5.75 Å². The summed E-state index contributed by atoms with van der Waals surface area (Å²) in [4.78, 5) is 24.1. The highest BCUT2D eigenvalue weighted by Crippen LogP contribution is 2.15. The number of ether oxygens (including phenoxy) is 1. The third kappa shape index (κ3) is 5.64. The fourth-order valence-electron chi connectivity index (χ4n) is 2.33. The third-order valence-corrected chi connectivity index (χ3v) is 3.80. The topological polar surface area (TPSA) is 67.4 Å². The molecule has 0 aliphatic rings. The van der Waals surface area contributed by atoms with Crippen molar-refractivity contribution in [3.63, 3.8) is 0 Å². The van der Waals surface area contributed by atoms with Gasteiger partial charge in [-0.15, -0.1) is 0 Å². The lowest BCUT2D eigenvalue weighted by Gasteiger charge is -2.15. The van der Waals surface area contributed by atoms with Crippen LogP contribution in [0.4, 0.5) is 5.69 Å². The first-order valence-corrected chi connectivity index (χ1v) is 8.38. The van der Waals surface area contributed by atoms with Crippen LogP contribution in [-0.2, 0) is 16.0 Å². The number of aryl methyl sites for hydroxylation is 2. The van der Waals surface area contributed by atoms with E-state index in [1.807, 2.05) is 62.4 Å². The van der Waals surface area contributed by atoms with Crippen molar-refractivity contribution in [3.05, 3.63) is 59.7 Å². The predicted molar refractivity (Wildman–Crippen MR) is 98.7 cm³/mol. The van der Waals surface area contributed by atoms with Crippen LogP contribution in [0.3, 0.4) is 0 Å². The van der Waals surface area contributed by atoms with Crippen molar-refractivity contribution in [1.82, 2.24) is 5.32 Å². The van der Waals surface area contributed by atoms with Gasteiger partial charge in [0, 0.05) is 5.69 Å². The molecule has 132 valence electrons. The standard InChI is InChI=1S/C20H24N2O3/c1-4-16-7-5-6-8-18(16)22-19(23)13-21-20(24)15(3)25-17-11-9-14(2)10-12-17/h5-12,15H,4,13H2,1-3H3,(H,21,24)(H,22,23). The molecule has 2 rings (SSSR count). The molecule has 0 radical (unpaired) electrons. The molecule has 0 spiro atoms. The third-order valence-electron chi connectivity index (χ3n) is 3.80. The first-order chi connectivity index (χ1) is 12.0.